The molecular weight excluding hydrogens is 307 g/mol. The lowest BCUT2D eigenvalue weighted by atomic mass is 10.00. The molecule has 1 aliphatic heterocycles. The van der Waals surface area contributed by atoms with Crippen LogP contribution in [0.1, 0.15) is 38.2 Å². The van der Waals surface area contributed by atoms with Crippen LogP contribution >= 0.6 is 0 Å². The number of hydrogen-bond acceptors (Lipinski definition) is 3. The normalized spacial score (nSPS) is 17.6. The van der Waals surface area contributed by atoms with Crippen LogP contribution in [0.2, 0.25) is 0 Å². The molecule has 0 bridgehead atoms. The summed E-state index contributed by atoms with van der Waals surface area (Å²) in [6.07, 6.45) is 3.70. The predicted molar refractivity (Wildman–Crippen MR) is 93.2 cm³/mol. The molecule has 134 valence electrons. The standard InChI is InChI=1S/C19H29FN2O2/c1-15(7-8-16-5-2-3-6-18(16)20)19(24)21-11-4-12-22-13-9-17(23)10-14-22/h2-3,5-6,15,17,23H,4,7-14H2,1H3,(H,21,24). The lowest BCUT2D eigenvalue weighted by molar-refractivity contribution is -0.124. The van der Waals surface area contributed by atoms with E-state index >= 15 is 0 Å². The molecule has 1 aromatic rings. The van der Waals surface area contributed by atoms with E-state index in [9.17, 15) is 14.3 Å². The first-order valence-corrected chi connectivity index (χ1v) is 8.98. The van der Waals surface area contributed by atoms with Crippen LogP contribution in [0.25, 0.3) is 0 Å². The number of nitrogens with one attached hydrogen (secondary N) is 1. The maximum Gasteiger partial charge on any atom is 0.222 e. The van der Waals surface area contributed by atoms with E-state index in [-0.39, 0.29) is 23.7 Å². The van der Waals surface area contributed by atoms with E-state index in [0.717, 1.165) is 38.9 Å². The topological polar surface area (TPSA) is 52.6 Å². The summed E-state index contributed by atoms with van der Waals surface area (Å²) in [5, 5.41) is 12.4. The summed E-state index contributed by atoms with van der Waals surface area (Å²) in [6.45, 7) is 5.39. The van der Waals surface area contributed by atoms with Crippen molar-refractivity contribution in [2.24, 2.45) is 5.92 Å². The fraction of sp³-hybridized carbons (Fsp3) is 0.632. The molecule has 1 atom stereocenters. The first-order valence-electron chi connectivity index (χ1n) is 8.98. The number of likely N-dealkylation sites (tertiary alicyclic amines) is 1. The third-order valence-electron chi connectivity index (χ3n) is 4.76. The minimum Gasteiger partial charge on any atom is -0.393 e. The molecule has 1 heterocycles. The van der Waals surface area contributed by atoms with E-state index in [4.69, 9.17) is 0 Å². The van der Waals surface area contributed by atoms with Gasteiger partial charge in [0.15, 0.2) is 0 Å². The zero-order valence-electron chi connectivity index (χ0n) is 14.5. The number of benzene rings is 1. The summed E-state index contributed by atoms with van der Waals surface area (Å²) >= 11 is 0. The Morgan fingerprint density at radius 1 is 1.38 bits per heavy atom. The van der Waals surface area contributed by atoms with E-state index in [0.29, 0.717) is 24.9 Å². The van der Waals surface area contributed by atoms with Gasteiger partial charge in [0.05, 0.1) is 6.10 Å². The Morgan fingerprint density at radius 3 is 2.79 bits per heavy atom. The van der Waals surface area contributed by atoms with Gasteiger partial charge in [-0.3, -0.25) is 4.79 Å². The lowest BCUT2D eigenvalue weighted by Crippen LogP contribution is -2.38. The highest BCUT2D eigenvalue weighted by Gasteiger charge is 2.17. The molecule has 24 heavy (non-hydrogen) atoms. The van der Waals surface area contributed by atoms with Gasteiger partial charge in [-0.15, -0.1) is 0 Å². The average molecular weight is 336 g/mol. The van der Waals surface area contributed by atoms with E-state index in [1.165, 1.54) is 6.07 Å². The third-order valence-corrected chi connectivity index (χ3v) is 4.76. The molecule has 0 aromatic heterocycles. The van der Waals surface area contributed by atoms with Crippen LogP contribution in [0.5, 0.6) is 0 Å². The van der Waals surface area contributed by atoms with Crippen LogP contribution in [0.4, 0.5) is 4.39 Å². The minimum absolute atomic E-state index is 0.0420. The van der Waals surface area contributed by atoms with Crippen molar-refractivity contribution in [3.8, 4) is 0 Å². The Balaban J connectivity index is 1.59. The van der Waals surface area contributed by atoms with Crippen molar-refractivity contribution < 1.29 is 14.3 Å². The highest BCUT2D eigenvalue weighted by atomic mass is 19.1. The zero-order valence-corrected chi connectivity index (χ0v) is 14.5. The predicted octanol–water partition coefficient (Wildman–Crippen LogP) is 2.36. The Labute approximate surface area is 144 Å². The summed E-state index contributed by atoms with van der Waals surface area (Å²) in [7, 11) is 0. The smallest absolute Gasteiger partial charge is 0.222 e. The first kappa shape index (κ1) is 18.9. The van der Waals surface area contributed by atoms with Crippen LogP contribution < -0.4 is 5.32 Å². The number of aliphatic hydroxyl groups is 1. The van der Waals surface area contributed by atoms with E-state index < -0.39 is 0 Å². The number of aliphatic hydroxyl groups excluding tert-OH is 1. The van der Waals surface area contributed by atoms with Gasteiger partial charge in [-0.05, 0) is 50.3 Å². The van der Waals surface area contributed by atoms with Crippen molar-refractivity contribution in [3.05, 3.63) is 35.6 Å². The van der Waals surface area contributed by atoms with Crippen LogP contribution in [-0.2, 0) is 11.2 Å². The second-order valence-corrected chi connectivity index (χ2v) is 6.75. The maximum atomic E-state index is 13.6. The number of hydrogen-bond donors (Lipinski definition) is 2. The van der Waals surface area contributed by atoms with Crippen molar-refractivity contribution in [1.82, 2.24) is 10.2 Å². The quantitative estimate of drug-likeness (QED) is 0.717. The third kappa shape index (κ3) is 6.21. The number of carbonyl (C=O) groups is 1. The molecule has 2 N–H and O–H groups in total. The van der Waals surface area contributed by atoms with Crippen LogP contribution in [0.3, 0.4) is 0 Å². The molecule has 1 aromatic carbocycles. The summed E-state index contributed by atoms with van der Waals surface area (Å²) in [5.41, 5.74) is 0.671. The number of nitrogens with zero attached hydrogens (tertiary/aromatic N) is 1. The molecule has 1 unspecified atom stereocenters. The number of aryl methyl sites for hydroxylation is 1. The Kier molecular flexibility index (Phi) is 7.66. The fourth-order valence-corrected chi connectivity index (χ4v) is 3.04. The van der Waals surface area contributed by atoms with Crippen LogP contribution in [0, 0.1) is 11.7 Å². The van der Waals surface area contributed by atoms with E-state index in [1.807, 2.05) is 13.0 Å². The average Bonchev–Trinajstić information content (AvgIpc) is 2.59. The summed E-state index contributed by atoms with van der Waals surface area (Å²) in [4.78, 5) is 14.4. The second-order valence-electron chi connectivity index (χ2n) is 6.75. The Hall–Kier alpha value is -1.46. The van der Waals surface area contributed by atoms with Crippen molar-refractivity contribution >= 4 is 5.91 Å². The van der Waals surface area contributed by atoms with Gasteiger partial charge in [0, 0.05) is 25.6 Å². The van der Waals surface area contributed by atoms with Crippen molar-refractivity contribution in [3.63, 3.8) is 0 Å². The van der Waals surface area contributed by atoms with Crippen molar-refractivity contribution in [2.75, 3.05) is 26.2 Å². The molecule has 2 rings (SSSR count). The van der Waals surface area contributed by atoms with Gasteiger partial charge >= 0.3 is 0 Å². The summed E-state index contributed by atoms with van der Waals surface area (Å²) in [5.74, 6) is -0.271. The monoisotopic (exact) mass is 336 g/mol. The number of amides is 1. The molecule has 0 radical (unpaired) electrons. The van der Waals surface area contributed by atoms with Gasteiger partial charge in [-0.25, -0.2) is 4.39 Å². The largest absolute Gasteiger partial charge is 0.393 e. The molecule has 5 heteroatoms. The molecule has 4 nitrogen and oxygen atoms in total. The van der Waals surface area contributed by atoms with Crippen molar-refractivity contribution in [2.45, 2.75) is 45.1 Å². The van der Waals surface area contributed by atoms with Gasteiger partial charge in [0.2, 0.25) is 5.91 Å². The number of halogens is 1. The van der Waals surface area contributed by atoms with Gasteiger partial charge in [0.25, 0.3) is 0 Å². The summed E-state index contributed by atoms with van der Waals surface area (Å²) < 4.78 is 13.6. The van der Waals surface area contributed by atoms with Crippen molar-refractivity contribution in [1.29, 1.82) is 0 Å². The molecule has 1 aliphatic rings. The highest BCUT2D eigenvalue weighted by molar-refractivity contribution is 5.78. The Morgan fingerprint density at radius 2 is 2.08 bits per heavy atom. The van der Waals surface area contributed by atoms with E-state index in [1.54, 1.807) is 12.1 Å². The number of carbonyl (C=O) groups excluding carboxylic acids is 1. The summed E-state index contributed by atoms with van der Waals surface area (Å²) in [6, 6.07) is 6.73. The highest BCUT2D eigenvalue weighted by Crippen LogP contribution is 2.13. The van der Waals surface area contributed by atoms with Crippen LogP contribution in [0.15, 0.2) is 24.3 Å². The molecule has 1 saturated heterocycles. The van der Waals surface area contributed by atoms with Gasteiger partial charge in [0.1, 0.15) is 5.82 Å². The molecular formula is C19H29FN2O2. The van der Waals surface area contributed by atoms with Gasteiger partial charge in [-0.2, -0.15) is 0 Å². The molecule has 0 spiro atoms. The maximum absolute atomic E-state index is 13.6. The molecule has 1 amide bonds. The van der Waals surface area contributed by atoms with Crippen LogP contribution in [-0.4, -0.2) is 48.2 Å². The number of piperidine rings is 1. The first-order chi connectivity index (χ1) is 11.6. The molecule has 0 aliphatic carbocycles. The number of rotatable bonds is 8. The molecule has 1 fully saturated rings. The lowest BCUT2D eigenvalue weighted by Gasteiger charge is -2.29. The van der Waals surface area contributed by atoms with E-state index in [2.05, 4.69) is 10.2 Å². The fourth-order valence-electron chi connectivity index (χ4n) is 3.04. The SMILES string of the molecule is CC(CCc1ccccc1F)C(=O)NCCCN1CCC(O)CC1. The van der Waals surface area contributed by atoms with Gasteiger partial charge < -0.3 is 15.3 Å². The second kappa shape index (κ2) is 9.74. The zero-order chi connectivity index (χ0) is 17.4. The Bertz CT molecular complexity index is 516. The van der Waals surface area contributed by atoms with Gasteiger partial charge in [-0.1, -0.05) is 25.1 Å². The minimum atomic E-state index is -0.197. The molecule has 0 saturated carbocycles.